The van der Waals surface area contributed by atoms with Gasteiger partial charge in [-0.2, -0.15) is 4.98 Å². The number of hydrogen-bond acceptors (Lipinski definition) is 8. The molecule has 1 aromatic heterocycles. The molecule has 2 rings (SSSR count). The van der Waals surface area contributed by atoms with Crippen LogP contribution in [0.2, 0.25) is 0 Å². The predicted molar refractivity (Wildman–Crippen MR) is 93.6 cm³/mol. The van der Waals surface area contributed by atoms with Gasteiger partial charge in [-0.05, 0) is 39.2 Å². The van der Waals surface area contributed by atoms with Crippen molar-refractivity contribution >= 4 is 17.5 Å². The molecule has 0 spiro atoms. The predicted octanol–water partition coefficient (Wildman–Crippen LogP) is 3.02. The van der Waals surface area contributed by atoms with Crippen molar-refractivity contribution in [3.63, 3.8) is 0 Å². The first-order valence-corrected chi connectivity index (χ1v) is 8.15. The molecular weight excluding hydrogens is 342 g/mol. The van der Waals surface area contributed by atoms with E-state index in [1.807, 2.05) is 6.92 Å². The van der Waals surface area contributed by atoms with Crippen molar-refractivity contribution in [3.8, 4) is 11.5 Å². The molecule has 26 heavy (non-hydrogen) atoms. The fourth-order valence-corrected chi connectivity index (χ4v) is 2.47. The number of anilines is 1. The first-order valence-electron chi connectivity index (χ1n) is 8.15. The number of aryl methyl sites for hydroxylation is 1. The molecule has 1 atom stereocenters. The second kappa shape index (κ2) is 8.79. The van der Waals surface area contributed by atoms with Gasteiger partial charge in [-0.3, -0.25) is 10.1 Å². The lowest BCUT2D eigenvalue weighted by Gasteiger charge is -2.17. The van der Waals surface area contributed by atoms with Crippen molar-refractivity contribution in [3.05, 3.63) is 34.1 Å². The number of nitrogens with one attached hydrogen (secondary N) is 1. The number of ether oxygens (including phenoxy) is 1. The van der Waals surface area contributed by atoms with E-state index in [9.17, 15) is 14.9 Å². The van der Waals surface area contributed by atoms with E-state index in [1.54, 1.807) is 19.1 Å². The third-order valence-electron chi connectivity index (χ3n) is 3.66. The van der Waals surface area contributed by atoms with Crippen molar-refractivity contribution in [1.29, 1.82) is 0 Å². The van der Waals surface area contributed by atoms with Crippen LogP contribution in [0, 0.1) is 17.0 Å². The number of nitro benzene ring substituents is 1. The maximum absolute atomic E-state index is 11.4. The number of nitrogens with zero attached hydrogens (tertiary/aromatic N) is 3. The van der Waals surface area contributed by atoms with E-state index in [0.29, 0.717) is 23.5 Å². The fourth-order valence-electron chi connectivity index (χ4n) is 2.47. The van der Waals surface area contributed by atoms with Gasteiger partial charge in [-0.1, -0.05) is 11.2 Å². The molecule has 10 nitrogen and oxygen atoms in total. The molecule has 10 heteroatoms. The Labute approximate surface area is 149 Å². The van der Waals surface area contributed by atoms with Crippen LogP contribution in [0.15, 0.2) is 22.7 Å². The fraction of sp³-hybridized carbons (Fsp3) is 0.438. The molecule has 1 heterocycles. The van der Waals surface area contributed by atoms with Crippen LogP contribution in [0.5, 0.6) is 0 Å². The number of para-hydroxylation sites is 1. The van der Waals surface area contributed by atoms with Crippen LogP contribution in [0.1, 0.15) is 32.0 Å². The summed E-state index contributed by atoms with van der Waals surface area (Å²) in [6.45, 7) is 3.84. The molecule has 1 amide bonds. The Bertz CT molecular complexity index is 776. The Morgan fingerprint density at radius 1 is 1.46 bits per heavy atom. The Morgan fingerprint density at radius 3 is 2.85 bits per heavy atom. The zero-order valence-corrected chi connectivity index (χ0v) is 14.6. The summed E-state index contributed by atoms with van der Waals surface area (Å²) in [5, 5.41) is 18.3. The Kier molecular flexibility index (Phi) is 6.48. The normalized spacial score (nSPS) is 11.8. The minimum atomic E-state index is -0.796. The largest absolute Gasteiger partial charge is 0.450 e. The lowest BCUT2D eigenvalue weighted by atomic mass is 10.1. The molecule has 0 aliphatic carbocycles. The van der Waals surface area contributed by atoms with Gasteiger partial charge in [0.25, 0.3) is 11.6 Å². The van der Waals surface area contributed by atoms with E-state index in [4.69, 9.17) is 10.3 Å². The van der Waals surface area contributed by atoms with E-state index in [-0.39, 0.29) is 24.2 Å². The number of hydrogen-bond donors (Lipinski definition) is 2. The number of amides is 1. The molecule has 0 aliphatic heterocycles. The summed E-state index contributed by atoms with van der Waals surface area (Å²) < 4.78 is 9.83. The van der Waals surface area contributed by atoms with Crippen LogP contribution in [0.25, 0.3) is 11.5 Å². The molecule has 0 radical (unpaired) electrons. The Morgan fingerprint density at radius 2 is 2.23 bits per heavy atom. The third kappa shape index (κ3) is 5.16. The number of rotatable bonds is 9. The van der Waals surface area contributed by atoms with Gasteiger partial charge in [0.15, 0.2) is 5.82 Å². The highest BCUT2D eigenvalue weighted by Gasteiger charge is 2.22. The van der Waals surface area contributed by atoms with Crippen molar-refractivity contribution < 1.29 is 19.0 Å². The van der Waals surface area contributed by atoms with Gasteiger partial charge < -0.3 is 20.3 Å². The number of nitro groups is 1. The highest BCUT2D eigenvalue weighted by molar-refractivity contribution is 5.80. The van der Waals surface area contributed by atoms with Crippen LogP contribution in [-0.4, -0.2) is 33.8 Å². The average molecular weight is 363 g/mol. The number of carbonyl (C=O) groups is 1. The van der Waals surface area contributed by atoms with Gasteiger partial charge in [0.05, 0.1) is 17.1 Å². The minimum Gasteiger partial charge on any atom is -0.450 e. The Balaban J connectivity index is 2.11. The lowest BCUT2D eigenvalue weighted by molar-refractivity contribution is -0.383. The van der Waals surface area contributed by atoms with Gasteiger partial charge in [-0.25, -0.2) is 4.79 Å². The summed E-state index contributed by atoms with van der Waals surface area (Å²) in [4.78, 5) is 25.6. The third-order valence-corrected chi connectivity index (χ3v) is 3.66. The van der Waals surface area contributed by atoms with E-state index in [2.05, 4.69) is 20.2 Å². The number of aromatic nitrogens is 2. The van der Waals surface area contributed by atoms with E-state index >= 15 is 0 Å². The molecule has 0 fully saturated rings. The van der Waals surface area contributed by atoms with Crippen molar-refractivity contribution in [2.75, 3.05) is 11.9 Å². The minimum absolute atomic E-state index is 0.0625. The first kappa shape index (κ1) is 19.2. The van der Waals surface area contributed by atoms with E-state index < -0.39 is 11.0 Å². The summed E-state index contributed by atoms with van der Waals surface area (Å²) in [6, 6.07) is 4.62. The molecule has 0 aliphatic rings. The van der Waals surface area contributed by atoms with Crippen LogP contribution in [0.4, 0.5) is 16.2 Å². The molecule has 2 aromatic rings. The van der Waals surface area contributed by atoms with Crippen LogP contribution >= 0.6 is 0 Å². The molecule has 0 saturated carbocycles. The van der Waals surface area contributed by atoms with Gasteiger partial charge in [0, 0.05) is 12.1 Å². The lowest BCUT2D eigenvalue weighted by Crippen LogP contribution is -2.17. The summed E-state index contributed by atoms with van der Waals surface area (Å²) in [5.74, 6) is 0.663. The molecule has 140 valence electrons. The van der Waals surface area contributed by atoms with Crippen LogP contribution in [0.3, 0.4) is 0 Å². The SMILES string of the molecule is Cc1noc(-c2cccc([N+](=O)[O-])c2N[C@@H](C)CCCCOC(N)=O)n1. The van der Waals surface area contributed by atoms with Gasteiger partial charge in [0.1, 0.15) is 5.69 Å². The van der Waals surface area contributed by atoms with Gasteiger partial charge in [-0.15, -0.1) is 0 Å². The summed E-state index contributed by atoms with van der Waals surface area (Å²) in [6.07, 6.45) is 1.34. The number of benzene rings is 1. The summed E-state index contributed by atoms with van der Waals surface area (Å²) in [7, 11) is 0. The maximum atomic E-state index is 11.4. The Hall–Kier alpha value is -3.17. The highest BCUT2D eigenvalue weighted by Crippen LogP contribution is 2.35. The van der Waals surface area contributed by atoms with E-state index in [1.165, 1.54) is 6.07 Å². The summed E-state index contributed by atoms with van der Waals surface area (Å²) >= 11 is 0. The zero-order valence-electron chi connectivity index (χ0n) is 14.6. The van der Waals surface area contributed by atoms with Crippen molar-refractivity contribution in [1.82, 2.24) is 10.1 Å². The zero-order chi connectivity index (χ0) is 19.1. The molecular formula is C16H21N5O5. The monoisotopic (exact) mass is 363 g/mol. The number of nitrogens with two attached hydrogens (primary N) is 1. The molecule has 0 saturated heterocycles. The standard InChI is InChI=1S/C16H21N5O5/c1-10(6-3-4-9-25-16(17)22)18-14-12(15-19-11(2)20-26-15)7-5-8-13(14)21(23)24/h5,7-8,10,18H,3-4,6,9H2,1-2H3,(H2,17,22)/t10-/m0/s1. The number of primary amides is 1. The summed E-state index contributed by atoms with van der Waals surface area (Å²) in [5.41, 5.74) is 5.64. The van der Waals surface area contributed by atoms with Crippen LogP contribution < -0.4 is 11.1 Å². The number of carbonyl (C=O) groups excluding carboxylic acids is 1. The molecule has 0 unspecified atom stereocenters. The number of unbranched alkanes of at least 4 members (excludes halogenated alkanes) is 1. The van der Waals surface area contributed by atoms with Crippen molar-refractivity contribution in [2.45, 2.75) is 39.2 Å². The molecule has 3 N–H and O–H groups in total. The van der Waals surface area contributed by atoms with Crippen LogP contribution in [-0.2, 0) is 4.74 Å². The topological polar surface area (TPSA) is 146 Å². The van der Waals surface area contributed by atoms with Gasteiger partial charge >= 0.3 is 6.09 Å². The van der Waals surface area contributed by atoms with Crippen molar-refractivity contribution in [2.24, 2.45) is 5.73 Å². The maximum Gasteiger partial charge on any atom is 0.404 e. The molecule has 0 bridgehead atoms. The van der Waals surface area contributed by atoms with E-state index in [0.717, 1.165) is 12.8 Å². The second-order valence-corrected chi connectivity index (χ2v) is 5.81. The first-order chi connectivity index (χ1) is 12.4. The average Bonchev–Trinajstić information content (AvgIpc) is 3.00. The quantitative estimate of drug-likeness (QED) is 0.392. The smallest absolute Gasteiger partial charge is 0.404 e. The second-order valence-electron chi connectivity index (χ2n) is 5.81. The highest BCUT2D eigenvalue weighted by atomic mass is 16.6. The van der Waals surface area contributed by atoms with Gasteiger partial charge in [0.2, 0.25) is 0 Å². The molecule has 1 aromatic carbocycles.